The lowest BCUT2D eigenvalue weighted by atomic mass is 10.2. The van der Waals surface area contributed by atoms with Crippen molar-refractivity contribution in [3.8, 4) is 0 Å². The predicted molar refractivity (Wildman–Crippen MR) is 71.9 cm³/mol. The lowest BCUT2D eigenvalue weighted by molar-refractivity contribution is 1.34. The maximum Gasteiger partial charge on any atom is 0.135 e. The van der Waals surface area contributed by atoms with Crippen LogP contribution in [0.25, 0.3) is 0 Å². The molecule has 88 valence electrons. The Labute approximate surface area is 101 Å². The van der Waals surface area contributed by atoms with Crippen LogP contribution in [0, 0.1) is 6.92 Å². The molecule has 0 aliphatic carbocycles. The number of hydrogen-bond donors (Lipinski definition) is 3. The molecule has 4 heteroatoms. The first kappa shape index (κ1) is 11.3. The van der Waals surface area contributed by atoms with Gasteiger partial charge in [-0.1, -0.05) is 17.7 Å². The summed E-state index contributed by atoms with van der Waals surface area (Å²) in [6, 6.07) is 9.84. The number of H-pyrrole nitrogens is 1. The molecule has 0 atom stereocenters. The van der Waals surface area contributed by atoms with Crippen LogP contribution in [0.5, 0.6) is 0 Å². The van der Waals surface area contributed by atoms with Crippen molar-refractivity contribution >= 4 is 17.3 Å². The molecule has 0 fully saturated rings. The Kier molecular flexibility index (Phi) is 3.14. The minimum Gasteiger partial charge on any atom is -0.383 e. The first-order valence-electron chi connectivity index (χ1n) is 5.47. The van der Waals surface area contributed by atoms with E-state index in [-0.39, 0.29) is 0 Å². The third kappa shape index (κ3) is 2.47. The molecule has 1 heterocycles. The molecule has 17 heavy (non-hydrogen) atoms. The number of nitrogens with one attached hydrogen (secondary N) is 2. The zero-order valence-corrected chi connectivity index (χ0v) is 9.99. The Balaban J connectivity index is 2.30. The van der Waals surface area contributed by atoms with Gasteiger partial charge in [0, 0.05) is 13.2 Å². The second-order valence-corrected chi connectivity index (χ2v) is 3.85. The molecular weight excluding hydrogens is 212 g/mol. The highest BCUT2D eigenvalue weighted by Gasteiger charge is 2.05. The van der Waals surface area contributed by atoms with Gasteiger partial charge in [-0.05, 0) is 25.1 Å². The third-order valence-electron chi connectivity index (χ3n) is 2.56. The van der Waals surface area contributed by atoms with E-state index in [0.717, 1.165) is 17.1 Å². The molecule has 4 nitrogen and oxygen atoms in total. The smallest absolute Gasteiger partial charge is 0.135 e. The average Bonchev–Trinajstić information content (AvgIpc) is 2.80. The summed E-state index contributed by atoms with van der Waals surface area (Å²) in [6.07, 6.45) is 1.83. The van der Waals surface area contributed by atoms with Gasteiger partial charge in [0.05, 0.1) is 11.3 Å². The molecule has 1 aromatic heterocycles. The molecule has 2 aromatic rings. The fourth-order valence-electron chi connectivity index (χ4n) is 1.61. The number of nitrogens with zero attached hydrogens (tertiary/aromatic N) is 1. The van der Waals surface area contributed by atoms with Crippen molar-refractivity contribution in [2.24, 2.45) is 10.7 Å². The Morgan fingerprint density at radius 1 is 1.24 bits per heavy atom. The number of aromatic amines is 1. The van der Waals surface area contributed by atoms with Crippen molar-refractivity contribution in [3.63, 3.8) is 0 Å². The summed E-state index contributed by atoms with van der Waals surface area (Å²) in [5.41, 5.74) is 8.92. The van der Waals surface area contributed by atoms with Gasteiger partial charge < -0.3 is 16.0 Å². The minimum atomic E-state index is 0.499. The highest BCUT2D eigenvalue weighted by Crippen LogP contribution is 2.16. The first-order chi connectivity index (χ1) is 8.20. The molecule has 0 radical (unpaired) electrons. The summed E-state index contributed by atoms with van der Waals surface area (Å²) in [5, 5.41) is 3.03. The molecule has 0 aliphatic heterocycles. The van der Waals surface area contributed by atoms with Crippen LogP contribution in [0.2, 0.25) is 0 Å². The summed E-state index contributed by atoms with van der Waals surface area (Å²) >= 11 is 0. The molecule has 0 amide bonds. The number of aliphatic imine (C=N–C) groups is 1. The maximum atomic E-state index is 5.98. The molecular formula is C13H16N4. The SMILES string of the molecule is CNc1[nH]ccc1C(N)=Nc1ccc(C)cc1. The molecule has 4 N–H and O–H groups in total. The number of amidine groups is 1. The lowest BCUT2D eigenvalue weighted by Gasteiger charge is -2.03. The van der Waals surface area contributed by atoms with Crippen LogP contribution in [0.4, 0.5) is 11.5 Å². The molecule has 0 saturated heterocycles. The molecule has 1 aromatic carbocycles. The van der Waals surface area contributed by atoms with Crippen LogP contribution in [-0.2, 0) is 0 Å². The van der Waals surface area contributed by atoms with E-state index in [9.17, 15) is 0 Å². The Morgan fingerprint density at radius 2 is 1.94 bits per heavy atom. The van der Waals surface area contributed by atoms with E-state index in [0.29, 0.717) is 5.84 Å². The monoisotopic (exact) mass is 228 g/mol. The van der Waals surface area contributed by atoms with E-state index in [2.05, 4.69) is 15.3 Å². The minimum absolute atomic E-state index is 0.499. The van der Waals surface area contributed by atoms with Gasteiger partial charge in [0.2, 0.25) is 0 Å². The van der Waals surface area contributed by atoms with Gasteiger partial charge >= 0.3 is 0 Å². The lowest BCUT2D eigenvalue weighted by Crippen LogP contribution is -2.13. The second-order valence-electron chi connectivity index (χ2n) is 3.85. The van der Waals surface area contributed by atoms with Crippen molar-refractivity contribution in [1.29, 1.82) is 0 Å². The van der Waals surface area contributed by atoms with Crippen molar-refractivity contribution in [2.45, 2.75) is 6.92 Å². The third-order valence-corrected chi connectivity index (χ3v) is 2.56. The molecule has 2 rings (SSSR count). The van der Waals surface area contributed by atoms with Gasteiger partial charge in [0.1, 0.15) is 11.7 Å². The topological polar surface area (TPSA) is 66.2 Å². The van der Waals surface area contributed by atoms with Crippen LogP contribution in [0.1, 0.15) is 11.1 Å². The van der Waals surface area contributed by atoms with Crippen LogP contribution in [0.15, 0.2) is 41.5 Å². The molecule has 0 aliphatic rings. The Bertz CT molecular complexity index is 523. The van der Waals surface area contributed by atoms with E-state index in [1.807, 2.05) is 50.5 Å². The molecule has 0 spiro atoms. The summed E-state index contributed by atoms with van der Waals surface area (Å²) < 4.78 is 0. The largest absolute Gasteiger partial charge is 0.383 e. The standard InChI is InChI=1S/C13H16N4/c1-9-3-5-10(6-4-9)17-12(14)11-7-8-16-13(11)15-2/h3-8,15-16H,1-2H3,(H2,14,17). The normalized spacial score (nSPS) is 11.5. The fourth-order valence-corrected chi connectivity index (χ4v) is 1.61. The van der Waals surface area contributed by atoms with Crippen molar-refractivity contribution in [1.82, 2.24) is 4.98 Å². The van der Waals surface area contributed by atoms with Crippen molar-refractivity contribution in [3.05, 3.63) is 47.7 Å². The van der Waals surface area contributed by atoms with E-state index < -0.39 is 0 Å². The number of benzene rings is 1. The molecule has 0 saturated carbocycles. The highest BCUT2D eigenvalue weighted by atomic mass is 15.0. The molecule has 0 unspecified atom stereocenters. The van der Waals surface area contributed by atoms with Crippen LogP contribution >= 0.6 is 0 Å². The zero-order chi connectivity index (χ0) is 12.3. The van der Waals surface area contributed by atoms with Gasteiger partial charge in [-0.2, -0.15) is 0 Å². The number of rotatable bonds is 3. The summed E-state index contributed by atoms with van der Waals surface area (Å²) in [4.78, 5) is 7.44. The summed E-state index contributed by atoms with van der Waals surface area (Å²) in [5.74, 6) is 1.37. The second kappa shape index (κ2) is 4.74. The number of anilines is 1. The number of hydrogen-bond acceptors (Lipinski definition) is 2. The van der Waals surface area contributed by atoms with Crippen LogP contribution < -0.4 is 11.1 Å². The van der Waals surface area contributed by atoms with Crippen LogP contribution in [0.3, 0.4) is 0 Å². The predicted octanol–water partition coefficient (Wildman–Crippen LogP) is 2.40. The van der Waals surface area contributed by atoms with Crippen molar-refractivity contribution in [2.75, 3.05) is 12.4 Å². The van der Waals surface area contributed by atoms with Gasteiger partial charge in [0.15, 0.2) is 0 Å². The maximum absolute atomic E-state index is 5.98. The molecule has 0 bridgehead atoms. The van der Waals surface area contributed by atoms with Gasteiger partial charge in [-0.15, -0.1) is 0 Å². The van der Waals surface area contributed by atoms with Gasteiger partial charge in [-0.3, -0.25) is 0 Å². The van der Waals surface area contributed by atoms with Crippen LogP contribution in [-0.4, -0.2) is 17.9 Å². The summed E-state index contributed by atoms with van der Waals surface area (Å²) in [7, 11) is 1.84. The van der Waals surface area contributed by atoms with Gasteiger partial charge in [-0.25, -0.2) is 4.99 Å². The van der Waals surface area contributed by atoms with E-state index >= 15 is 0 Å². The van der Waals surface area contributed by atoms with Crippen molar-refractivity contribution < 1.29 is 0 Å². The van der Waals surface area contributed by atoms with E-state index in [1.165, 1.54) is 5.56 Å². The van der Waals surface area contributed by atoms with Gasteiger partial charge in [0.25, 0.3) is 0 Å². The first-order valence-corrected chi connectivity index (χ1v) is 5.47. The quantitative estimate of drug-likeness (QED) is 0.558. The number of aryl methyl sites for hydroxylation is 1. The van der Waals surface area contributed by atoms with E-state index in [4.69, 9.17) is 5.73 Å². The highest BCUT2D eigenvalue weighted by molar-refractivity contribution is 6.03. The Hall–Kier alpha value is -2.23. The van der Waals surface area contributed by atoms with E-state index in [1.54, 1.807) is 0 Å². The average molecular weight is 228 g/mol. The fraction of sp³-hybridized carbons (Fsp3) is 0.154. The Morgan fingerprint density at radius 3 is 2.59 bits per heavy atom. The number of aromatic nitrogens is 1. The zero-order valence-electron chi connectivity index (χ0n) is 9.99. The number of nitrogens with two attached hydrogens (primary N) is 1. The summed E-state index contributed by atoms with van der Waals surface area (Å²) in [6.45, 7) is 2.04.